The zero-order valence-electron chi connectivity index (χ0n) is 6.68. The fourth-order valence-electron chi connectivity index (χ4n) is 0.278. The van der Waals surface area contributed by atoms with Gasteiger partial charge in [-0.2, -0.15) is 0 Å². The molecule has 0 aromatic heterocycles. The topological polar surface area (TPSA) is 38.4 Å². The summed E-state index contributed by atoms with van der Waals surface area (Å²) < 4.78 is 0. The second kappa shape index (κ2) is 10.4. The van der Waals surface area contributed by atoms with Gasteiger partial charge in [0.15, 0.2) is 0 Å². The molecule has 0 atom stereocenters. The van der Waals surface area contributed by atoms with Crippen molar-refractivity contribution in [3.8, 4) is 0 Å². The van der Waals surface area contributed by atoms with E-state index in [2.05, 4.69) is 10.7 Å². The lowest BCUT2D eigenvalue weighted by Crippen LogP contribution is -1.69. The summed E-state index contributed by atoms with van der Waals surface area (Å²) in [7, 11) is 1.50. The first-order chi connectivity index (χ1) is 4.31. The van der Waals surface area contributed by atoms with Crippen molar-refractivity contribution in [1.82, 2.24) is 0 Å². The second-order valence-electron chi connectivity index (χ2n) is 1.32. The van der Waals surface area contributed by atoms with E-state index in [-0.39, 0.29) is 0 Å². The predicted octanol–water partition coefficient (Wildman–Crippen LogP) is 1.58. The van der Waals surface area contributed by atoms with Gasteiger partial charge in [-0.15, -0.1) is 0 Å². The van der Waals surface area contributed by atoms with Gasteiger partial charge in [0.05, 0.1) is 0 Å². The molecular formula is C7H16N2. The van der Waals surface area contributed by atoms with Crippen molar-refractivity contribution in [2.24, 2.45) is 10.7 Å². The molecule has 2 heteroatoms. The van der Waals surface area contributed by atoms with Crippen molar-refractivity contribution in [3.05, 3.63) is 11.8 Å². The zero-order valence-corrected chi connectivity index (χ0v) is 6.68. The number of allylic oxidation sites excluding steroid dienone is 2. The van der Waals surface area contributed by atoms with Crippen molar-refractivity contribution >= 4 is 6.21 Å². The molecule has 2 N–H and O–H groups in total. The van der Waals surface area contributed by atoms with Crippen LogP contribution in [0.4, 0.5) is 0 Å². The van der Waals surface area contributed by atoms with E-state index in [0.717, 1.165) is 5.70 Å². The first-order valence-electron chi connectivity index (χ1n) is 3.00. The highest BCUT2D eigenvalue weighted by Crippen LogP contribution is 1.89. The predicted molar refractivity (Wildman–Crippen MR) is 43.7 cm³/mol. The molecular weight excluding hydrogens is 112 g/mol. The van der Waals surface area contributed by atoms with E-state index in [4.69, 9.17) is 0 Å². The van der Waals surface area contributed by atoms with Gasteiger partial charge >= 0.3 is 0 Å². The summed E-state index contributed by atoms with van der Waals surface area (Å²) in [5.41, 5.74) is 5.57. The van der Waals surface area contributed by atoms with Crippen LogP contribution in [0.25, 0.3) is 0 Å². The SMILES string of the molecule is CC=N/C(C)=C\C.CN. The van der Waals surface area contributed by atoms with E-state index in [1.165, 1.54) is 7.05 Å². The molecule has 0 saturated heterocycles. The Balaban J connectivity index is 0. The summed E-state index contributed by atoms with van der Waals surface area (Å²) in [4.78, 5) is 3.98. The lowest BCUT2D eigenvalue weighted by Gasteiger charge is -1.81. The van der Waals surface area contributed by atoms with Crippen molar-refractivity contribution in [1.29, 1.82) is 0 Å². The lowest BCUT2D eigenvalue weighted by molar-refractivity contribution is 1.29. The summed E-state index contributed by atoms with van der Waals surface area (Å²) in [6.45, 7) is 5.86. The molecule has 0 heterocycles. The number of nitrogens with two attached hydrogens (primary N) is 1. The molecule has 0 bridgehead atoms. The van der Waals surface area contributed by atoms with Gasteiger partial charge in [0.25, 0.3) is 0 Å². The summed E-state index contributed by atoms with van der Waals surface area (Å²) in [6, 6.07) is 0. The average Bonchev–Trinajstić information content (AvgIpc) is 1.93. The van der Waals surface area contributed by atoms with Crippen molar-refractivity contribution in [2.75, 3.05) is 7.05 Å². The molecule has 0 aliphatic carbocycles. The van der Waals surface area contributed by atoms with E-state index in [9.17, 15) is 0 Å². The van der Waals surface area contributed by atoms with Gasteiger partial charge in [0.2, 0.25) is 0 Å². The molecule has 0 fully saturated rings. The smallest absolute Gasteiger partial charge is 0.0326 e. The van der Waals surface area contributed by atoms with Gasteiger partial charge in [-0.25, -0.2) is 0 Å². The minimum absolute atomic E-state index is 1.07. The molecule has 0 aromatic carbocycles. The lowest BCUT2D eigenvalue weighted by atomic mass is 10.5. The van der Waals surface area contributed by atoms with E-state index < -0.39 is 0 Å². The number of rotatable bonds is 1. The van der Waals surface area contributed by atoms with Crippen LogP contribution in [0.15, 0.2) is 16.8 Å². The molecule has 54 valence electrons. The van der Waals surface area contributed by atoms with Gasteiger partial charge in [0.1, 0.15) is 0 Å². The molecule has 0 unspecified atom stereocenters. The monoisotopic (exact) mass is 128 g/mol. The van der Waals surface area contributed by atoms with Gasteiger partial charge in [-0.3, -0.25) is 4.99 Å². The maximum absolute atomic E-state index is 4.50. The molecule has 0 aliphatic rings. The minimum atomic E-state index is 1.07. The van der Waals surface area contributed by atoms with Crippen LogP contribution in [0.5, 0.6) is 0 Å². The molecule has 0 spiro atoms. The van der Waals surface area contributed by atoms with Crippen LogP contribution in [0, 0.1) is 0 Å². The Morgan fingerprint density at radius 2 is 1.78 bits per heavy atom. The molecule has 0 saturated carbocycles. The number of hydrogen-bond donors (Lipinski definition) is 1. The maximum atomic E-state index is 4.50. The van der Waals surface area contributed by atoms with Crippen molar-refractivity contribution < 1.29 is 0 Å². The fraction of sp³-hybridized carbons (Fsp3) is 0.571. The average molecular weight is 128 g/mol. The van der Waals surface area contributed by atoms with Crippen LogP contribution in [0.2, 0.25) is 0 Å². The molecule has 0 radical (unpaired) electrons. The van der Waals surface area contributed by atoms with E-state index in [0.29, 0.717) is 0 Å². The summed E-state index contributed by atoms with van der Waals surface area (Å²) in [5.74, 6) is 0. The Labute approximate surface area is 57.5 Å². The third-order valence-corrected chi connectivity index (χ3v) is 0.751. The van der Waals surface area contributed by atoms with Crippen LogP contribution in [0.1, 0.15) is 20.8 Å². The number of hydrogen-bond acceptors (Lipinski definition) is 2. The Hall–Kier alpha value is -0.630. The van der Waals surface area contributed by atoms with Crippen LogP contribution in [-0.2, 0) is 0 Å². The van der Waals surface area contributed by atoms with Crippen LogP contribution < -0.4 is 5.73 Å². The Kier molecular flexibility index (Phi) is 12.9. The Morgan fingerprint density at radius 1 is 1.33 bits per heavy atom. The zero-order chi connectivity index (χ0) is 7.70. The van der Waals surface area contributed by atoms with E-state index in [1.54, 1.807) is 6.21 Å². The Morgan fingerprint density at radius 3 is 1.89 bits per heavy atom. The van der Waals surface area contributed by atoms with Crippen molar-refractivity contribution in [3.63, 3.8) is 0 Å². The molecule has 2 nitrogen and oxygen atoms in total. The highest BCUT2D eigenvalue weighted by atomic mass is 14.7. The first-order valence-corrected chi connectivity index (χ1v) is 3.00. The molecule has 0 aromatic rings. The van der Waals surface area contributed by atoms with Gasteiger partial charge in [0, 0.05) is 11.9 Å². The summed E-state index contributed by atoms with van der Waals surface area (Å²) in [6.07, 6.45) is 3.76. The van der Waals surface area contributed by atoms with Gasteiger partial charge < -0.3 is 5.73 Å². The third kappa shape index (κ3) is 11.1. The molecule has 0 aliphatic heterocycles. The second-order valence-corrected chi connectivity index (χ2v) is 1.32. The largest absolute Gasteiger partial charge is 0.333 e. The van der Waals surface area contributed by atoms with Gasteiger partial charge in [-0.1, -0.05) is 6.08 Å². The van der Waals surface area contributed by atoms with Crippen molar-refractivity contribution in [2.45, 2.75) is 20.8 Å². The first kappa shape index (κ1) is 11.2. The summed E-state index contributed by atoms with van der Waals surface area (Å²) >= 11 is 0. The van der Waals surface area contributed by atoms with Crippen LogP contribution >= 0.6 is 0 Å². The van der Waals surface area contributed by atoms with Crippen LogP contribution in [-0.4, -0.2) is 13.3 Å². The third-order valence-electron chi connectivity index (χ3n) is 0.751. The summed E-state index contributed by atoms with van der Waals surface area (Å²) in [5, 5.41) is 0. The maximum Gasteiger partial charge on any atom is 0.0326 e. The fourth-order valence-corrected chi connectivity index (χ4v) is 0.278. The highest BCUT2D eigenvalue weighted by Gasteiger charge is 1.70. The van der Waals surface area contributed by atoms with Crippen LogP contribution in [0.3, 0.4) is 0 Å². The molecule has 0 rings (SSSR count). The number of aliphatic imine (C=N–C) groups is 1. The quantitative estimate of drug-likeness (QED) is 0.535. The molecule has 0 amide bonds. The molecule has 9 heavy (non-hydrogen) atoms. The van der Waals surface area contributed by atoms with E-state index in [1.807, 2.05) is 26.8 Å². The highest BCUT2D eigenvalue weighted by molar-refractivity contribution is 5.54. The van der Waals surface area contributed by atoms with Gasteiger partial charge in [-0.05, 0) is 27.8 Å². The normalized spacial score (nSPS) is 11.0. The standard InChI is InChI=1S/C6H11N.CH5N/c1-4-6(3)7-5-2;1-2/h4-5H,1-3H3;2H2,1H3/b6-4-,7-5?;. The number of nitrogens with zero attached hydrogens (tertiary/aromatic N) is 1. The van der Waals surface area contributed by atoms with E-state index >= 15 is 0 Å². The Bertz CT molecular complexity index is 93.1. The minimum Gasteiger partial charge on any atom is -0.333 e.